The molecule has 0 rings (SSSR count). The van der Waals surface area contributed by atoms with Gasteiger partial charge < -0.3 is 9.84 Å². The molecule has 0 atom stereocenters. The van der Waals surface area contributed by atoms with Gasteiger partial charge in [-0.25, -0.2) is 0 Å². The van der Waals surface area contributed by atoms with Gasteiger partial charge in [0.05, 0.1) is 6.61 Å². The molecule has 0 aliphatic rings. The lowest BCUT2D eigenvalue weighted by Crippen LogP contribution is -2.05. The molecule has 1 N–H and O–H groups in total. The number of aliphatic hydroxyl groups is 1. The summed E-state index contributed by atoms with van der Waals surface area (Å²) in [5.41, 5.74) is 0. The molecule has 0 bridgehead atoms. The zero-order valence-corrected chi connectivity index (χ0v) is 30.1. The average Bonchev–Trinajstić information content (AvgIpc) is 3.03. The number of aliphatic hydroxyl groups excluding tert-OH is 1. The molecule has 0 aliphatic carbocycles. The first-order valence-electron chi connectivity index (χ1n) is 20.2. The zero-order valence-electron chi connectivity index (χ0n) is 30.1. The van der Waals surface area contributed by atoms with Gasteiger partial charge in [0.2, 0.25) is 0 Å². The second-order valence-corrected chi connectivity index (χ2v) is 13.7. The van der Waals surface area contributed by atoms with Gasteiger partial charge in [-0.05, 0) is 38.5 Å². The Labute approximate surface area is 277 Å². The van der Waals surface area contributed by atoms with E-state index in [0.29, 0.717) is 19.6 Å². The first-order chi connectivity index (χ1) is 21.8. The number of hydrogen-bond donors (Lipinski definition) is 1. The average molecular weight is 621 g/mol. The molecule has 0 aliphatic heterocycles. The molecule has 0 spiro atoms. The molecule has 0 radical (unpaired) electrons. The lowest BCUT2D eigenvalue weighted by atomic mass is 10.0. The standard InChI is InChI=1S/C41H80O3/c1-2-3-4-5-6-7-23-26-29-32-35-38-41(43)44-40-37-34-31-28-25-22-20-18-16-14-12-10-8-9-11-13-15-17-19-21-24-27-30-33-36-39-42/h5-6,42H,2-4,7-40H2,1H3/b6-5-. The summed E-state index contributed by atoms with van der Waals surface area (Å²) in [6.07, 6.45) is 50.3. The number of allylic oxidation sites excluding steroid dienone is 2. The van der Waals surface area contributed by atoms with Gasteiger partial charge in [0, 0.05) is 13.0 Å². The van der Waals surface area contributed by atoms with E-state index in [0.717, 1.165) is 25.7 Å². The van der Waals surface area contributed by atoms with Gasteiger partial charge in [0.1, 0.15) is 0 Å². The van der Waals surface area contributed by atoms with Crippen LogP contribution in [0.4, 0.5) is 0 Å². The Morgan fingerprint density at radius 1 is 0.432 bits per heavy atom. The van der Waals surface area contributed by atoms with Crippen molar-refractivity contribution in [2.45, 2.75) is 232 Å². The summed E-state index contributed by atoms with van der Waals surface area (Å²) in [5.74, 6) is 0.0126. The van der Waals surface area contributed by atoms with E-state index < -0.39 is 0 Å². The Hall–Kier alpha value is -0.830. The fourth-order valence-electron chi connectivity index (χ4n) is 6.16. The van der Waals surface area contributed by atoms with Gasteiger partial charge in [-0.3, -0.25) is 4.79 Å². The minimum atomic E-state index is 0.0126. The highest BCUT2D eigenvalue weighted by molar-refractivity contribution is 5.69. The molecule has 0 heterocycles. The maximum absolute atomic E-state index is 11.9. The number of unbranched alkanes of at least 4 members (excludes halogenated alkanes) is 31. The van der Waals surface area contributed by atoms with Crippen LogP contribution in [-0.4, -0.2) is 24.3 Å². The lowest BCUT2D eigenvalue weighted by molar-refractivity contribution is -0.143. The fourth-order valence-corrected chi connectivity index (χ4v) is 6.16. The smallest absolute Gasteiger partial charge is 0.305 e. The van der Waals surface area contributed by atoms with E-state index in [4.69, 9.17) is 9.84 Å². The van der Waals surface area contributed by atoms with Gasteiger partial charge in [0.15, 0.2) is 0 Å². The molecule has 0 saturated heterocycles. The fraction of sp³-hybridized carbons (Fsp3) is 0.927. The van der Waals surface area contributed by atoms with Crippen LogP contribution >= 0.6 is 0 Å². The van der Waals surface area contributed by atoms with E-state index in [1.165, 1.54) is 193 Å². The van der Waals surface area contributed by atoms with Crippen LogP contribution in [0, 0.1) is 0 Å². The van der Waals surface area contributed by atoms with E-state index in [1.54, 1.807) is 0 Å². The summed E-state index contributed by atoms with van der Waals surface area (Å²) in [7, 11) is 0. The third kappa shape index (κ3) is 39.2. The summed E-state index contributed by atoms with van der Waals surface area (Å²) in [4.78, 5) is 11.9. The maximum atomic E-state index is 11.9. The summed E-state index contributed by atoms with van der Waals surface area (Å²) >= 11 is 0. The van der Waals surface area contributed by atoms with Crippen LogP contribution in [0.5, 0.6) is 0 Å². The van der Waals surface area contributed by atoms with Crippen molar-refractivity contribution >= 4 is 5.97 Å². The maximum Gasteiger partial charge on any atom is 0.305 e. The minimum Gasteiger partial charge on any atom is -0.466 e. The monoisotopic (exact) mass is 621 g/mol. The van der Waals surface area contributed by atoms with E-state index in [9.17, 15) is 4.79 Å². The summed E-state index contributed by atoms with van der Waals surface area (Å²) in [6, 6.07) is 0. The normalized spacial score (nSPS) is 11.6. The molecule has 0 aromatic heterocycles. The quantitative estimate of drug-likeness (QED) is 0.0424. The first-order valence-corrected chi connectivity index (χ1v) is 20.2. The van der Waals surface area contributed by atoms with Gasteiger partial charge >= 0.3 is 5.97 Å². The molecule has 3 heteroatoms. The molecule has 262 valence electrons. The molecular formula is C41H80O3. The van der Waals surface area contributed by atoms with Crippen LogP contribution in [0.15, 0.2) is 12.2 Å². The first kappa shape index (κ1) is 43.2. The number of rotatable bonds is 38. The summed E-state index contributed by atoms with van der Waals surface area (Å²) in [6.45, 7) is 3.23. The number of carbonyl (C=O) groups excluding carboxylic acids is 1. The van der Waals surface area contributed by atoms with Crippen molar-refractivity contribution in [2.75, 3.05) is 13.2 Å². The van der Waals surface area contributed by atoms with Gasteiger partial charge in [-0.2, -0.15) is 0 Å². The molecule has 0 aromatic carbocycles. The molecule has 0 aromatic rings. The van der Waals surface area contributed by atoms with Crippen LogP contribution in [0.2, 0.25) is 0 Å². The SMILES string of the molecule is CCCC/C=C\CCCCCCCC(=O)OCCCCCCCCCCCCCCCCCCCCCCCCCCCO. The van der Waals surface area contributed by atoms with E-state index >= 15 is 0 Å². The second kappa shape index (κ2) is 40.2. The number of carbonyl (C=O) groups is 1. The van der Waals surface area contributed by atoms with Gasteiger partial charge in [-0.15, -0.1) is 0 Å². The van der Waals surface area contributed by atoms with Crippen LogP contribution in [0.25, 0.3) is 0 Å². The van der Waals surface area contributed by atoms with Gasteiger partial charge in [-0.1, -0.05) is 199 Å². The molecule has 0 amide bonds. The number of ether oxygens (including phenoxy) is 1. The Morgan fingerprint density at radius 3 is 1.14 bits per heavy atom. The lowest BCUT2D eigenvalue weighted by Gasteiger charge is -2.06. The summed E-state index contributed by atoms with van der Waals surface area (Å²) in [5, 5.41) is 8.79. The predicted octanol–water partition coefficient (Wildman–Crippen LogP) is 13.8. The number of esters is 1. The zero-order chi connectivity index (χ0) is 31.9. The Bertz CT molecular complexity index is 558. The molecular weight excluding hydrogens is 540 g/mol. The minimum absolute atomic E-state index is 0.0126. The summed E-state index contributed by atoms with van der Waals surface area (Å²) < 4.78 is 5.44. The molecule has 44 heavy (non-hydrogen) atoms. The van der Waals surface area contributed by atoms with Crippen LogP contribution in [-0.2, 0) is 9.53 Å². The topological polar surface area (TPSA) is 46.5 Å². The van der Waals surface area contributed by atoms with E-state index in [1.807, 2.05) is 0 Å². The Kier molecular flexibility index (Phi) is 39.4. The van der Waals surface area contributed by atoms with Crippen molar-refractivity contribution in [1.82, 2.24) is 0 Å². The van der Waals surface area contributed by atoms with Crippen molar-refractivity contribution < 1.29 is 14.6 Å². The third-order valence-electron chi connectivity index (χ3n) is 9.21. The molecule has 0 unspecified atom stereocenters. The van der Waals surface area contributed by atoms with E-state index in [-0.39, 0.29) is 5.97 Å². The van der Waals surface area contributed by atoms with Crippen molar-refractivity contribution in [2.24, 2.45) is 0 Å². The molecule has 3 nitrogen and oxygen atoms in total. The van der Waals surface area contributed by atoms with Crippen molar-refractivity contribution in [3.8, 4) is 0 Å². The van der Waals surface area contributed by atoms with Crippen LogP contribution in [0.3, 0.4) is 0 Å². The van der Waals surface area contributed by atoms with Crippen molar-refractivity contribution in [3.05, 3.63) is 12.2 Å². The highest BCUT2D eigenvalue weighted by Gasteiger charge is 2.02. The predicted molar refractivity (Wildman–Crippen MR) is 194 cm³/mol. The van der Waals surface area contributed by atoms with Gasteiger partial charge in [0.25, 0.3) is 0 Å². The largest absolute Gasteiger partial charge is 0.466 e. The molecule has 0 fully saturated rings. The van der Waals surface area contributed by atoms with Crippen LogP contribution < -0.4 is 0 Å². The van der Waals surface area contributed by atoms with Crippen molar-refractivity contribution in [3.63, 3.8) is 0 Å². The van der Waals surface area contributed by atoms with Crippen LogP contribution in [0.1, 0.15) is 232 Å². The molecule has 0 saturated carbocycles. The Morgan fingerprint density at radius 2 is 0.750 bits per heavy atom. The second-order valence-electron chi connectivity index (χ2n) is 13.7. The highest BCUT2D eigenvalue weighted by atomic mass is 16.5. The Balaban J connectivity index is 3.13. The van der Waals surface area contributed by atoms with E-state index in [2.05, 4.69) is 19.1 Å². The number of hydrogen-bond acceptors (Lipinski definition) is 3. The third-order valence-corrected chi connectivity index (χ3v) is 9.21. The highest BCUT2D eigenvalue weighted by Crippen LogP contribution is 2.16. The van der Waals surface area contributed by atoms with Crippen molar-refractivity contribution in [1.29, 1.82) is 0 Å².